The van der Waals surface area contributed by atoms with Gasteiger partial charge in [-0.3, -0.25) is 120 Å². The van der Waals surface area contributed by atoms with Crippen molar-refractivity contribution in [3.8, 4) is 0 Å². The van der Waals surface area contributed by atoms with Crippen LogP contribution in [0.3, 0.4) is 0 Å². The zero-order valence-corrected chi connectivity index (χ0v) is 55.2. The van der Waals surface area contributed by atoms with E-state index in [0.29, 0.717) is 6.42 Å². The molecule has 4 aliphatic heterocycles. The van der Waals surface area contributed by atoms with Crippen molar-refractivity contribution in [3.05, 3.63) is 48.6 Å². The topological polar surface area (TPSA) is 542 Å². The average molecular weight is 1400 g/mol. The molecule has 0 aliphatic carbocycles. The fourth-order valence-corrected chi connectivity index (χ4v) is 9.84. The fraction of sp³-hybridized carbons (Fsp3) is 0.532. The Kier molecular flexibility index (Phi) is 34.9. The Hall–Kier alpha value is -11.4. The van der Waals surface area contributed by atoms with Crippen LogP contribution < -0.4 is 69.5 Å². The molecule has 0 radical (unpaired) electrons. The lowest BCUT2D eigenvalue weighted by molar-refractivity contribution is -0.139. The summed E-state index contributed by atoms with van der Waals surface area (Å²) >= 11 is 0. The molecule has 0 saturated carbocycles. The van der Waals surface area contributed by atoms with E-state index in [-0.39, 0.29) is 149 Å². The molecule has 544 valence electrons. The van der Waals surface area contributed by atoms with Gasteiger partial charge in [0.05, 0.1) is 26.2 Å². The quantitative estimate of drug-likeness (QED) is 0.0199. The zero-order valence-electron chi connectivity index (χ0n) is 55.2. The number of unbranched alkanes of at least 4 members (excludes halogenated alkanes) is 4. The molecule has 0 fully saturated rings. The molecular weight excluding hydrogens is 1320 g/mol. The lowest BCUT2D eigenvalue weighted by Crippen LogP contribution is -2.54. The van der Waals surface area contributed by atoms with Crippen LogP contribution in [0.5, 0.6) is 0 Å². The Morgan fingerprint density at radius 1 is 0.300 bits per heavy atom. The van der Waals surface area contributed by atoms with E-state index in [9.17, 15) is 101 Å². The standard InChI is InChI=1S/C62H85N17O21/c1-38(80)72-39(10-2-6-26-64-44(82)22-30-76-51(89)14-15-52(76)90)59(97)69-35-48(86)74-41(12-4-8-28-66-46(84)24-32-78-55(93)18-19-56(78)94)61(99)71-37-50(88)75-42(13-5-9-29-67-47(85)25-33-79-57(95)20-21-58(79)96)62(100)70-36-49(87)73-40(60(98)68-34-43(63)81)11-3-7-27-65-45(83)23-31-77-53(91)16-17-54(77)92/h14-21,39-42H,2-13,22-37H2,1H3,(H2,63,81)(H,64,82)(H,65,83)(H,66,84)(H,67,85)(H,68,98)(H,69,97)(H,70,100)(H,71,99)(H,72,80)(H,73,87)(H,74,86)(H,75,88)/t39-,40-,41-,42-/m0/s1. The van der Waals surface area contributed by atoms with Crippen molar-refractivity contribution in [2.45, 2.75) is 134 Å². The summed E-state index contributed by atoms with van der Waals surface area (Å²) in [6.07, 6.45) is 9.39. The SMILES string of the molecule is CC(=O)N[C@@H](CCCCNC(=O)CCN1C(=O)C=CC1=O)C(=O)NCC(=O)N[C@@H](CCCCNC(=O)CCN1C(=O)C=CC1=O)C(=O)NCC(=O)N[C@@H](CCCCNC(=O)CCN1C(=O)C=CC1=O)C(=O)NCC(=O)N[C@@H](CCCCNC(=O)CCN1C(=O)C=CC1=O)C(=O)NCC(N)=O. The third-order valence-corrected chi connectivity index (χ3v) is 15.2. The minimum Gasteiger partial charge on any atom is -0.368 e. The molecule has 4 rings (SSSR count). The molecule has 0 unspecified atom stereocenters. The van der Waals surface area contributed by atoms with E-state index in [0.717, 1.165) is 75.1 Å². The molecule has 14 N–H and O–H groups in total. The summed E-state index contributed by atoms with van der Waals surface area (Å²) in [5.41, 5.74) is 5.20. The number of carbonyl (C=O) groups excluding carboxylic acids is 21. The van der Waals surface area contributed by atoms with Gasteiger partial charge in [0.2, 0.25) is 76.8 Å². The Bertz CT molecular complexity index is 3200. The maximum absolute atomic E-state index is 13.9. The summed E-state index contributed by atoms with van der Waals surface area (Å²) in [5.74, 6) is -14.2. The van der Waals surface area contributed by atoms with Gasteiger partial charge in [0.15, 0.2) is 0 Å². The highest BCUT2D eigenvalue weighted by atomic mass is 16.2. The molecule has 38 heteroatoms. The Morgan fingerprint density at radius 2 is 0.510 bits per heavy atom. The second-order valence-electron chi connectivity index (χ2n) is 23.0. The normalized spacial score (nSPS) is 14.9. The summed E-state index contributed by atoms with van der Waals surface area (Å²) in [4.78, 5) is 266. The maximum Gasteiger partial charge on any atom is 0.253 e. The van der Waals surface area contributed by atoms with Crippen LogP contribution in [0.2, 0.25) is 0 Å². The van der Waals surface area contributed by atoms with Crippen LogP contribution in [-0.2, 0) is 101 Å². The third-order valence-electron chi connectivity index (χ3n) is 15.2. The number of rotatable bonds is 48. The van der Waals surface area contributed by atoms with Gasteiger partial charge in [-0.15, -0.1) is 0 Å². The fourth-order valence-electron chi connectivity index (χ4n) is 9.84. The number of nitrogens with zero attached hydrogens (tertiary/aromatic N) is 4. The number of carbonyl (C=O) groups is 21. The first-order valence-electron chi connectivity index (χ1n) is 32.4. The summed E-state index contributed by atoms with van der Waals surface area (Å²) in [6.45, 7) is -2.08. The van der Waals surface area contributed by atoms with Crippen LogP contribution >= 0.6 is 0 Å². The molecule has 0 saturated heterocycles. The minimum absolute atomic E-state index is 0.0334. The van der Waals surface area contributed by atoms with Crippen molar-refractivity contribution >= 4 is 124 Å². The van der Waals surface area contributed by atoms with Crippen LogP contribution in [0.25, 0.3) is 0 Å². The van der Waals surface area contributed by atoms with Crippen LogP contribution in [-0.4, -0.2) is 246 Å². The molecule has 0 spiro atoms. The minimum atomic E-state index is -1.44. The van der Waals surface area contributed by atoms with Crippen molar-refractivity contribution in [1.82, 2.24) is 83.4 Å². The second-order valence-corrected chi connectivity index (χ2v) is 23.0. The Labute approximate surface area is 573 Å². The molecule has 0 aromatic carbocycles. The van der Waals surface area contributed by atoms with Gasteiger partial charge in [0, 0.05) is 134 Å². The molecule has 0 aromatic heterocycles. The first-order valence-corrected chi connectivity index (χ1v) is 32.4. The van der Waals surface area contributed by atoms with Crippen molar-refractivity contribution < 1.29 is 101 Å². The van der Waals surface area contributed by atoms with Crippen LogP contribution in [0, 0.1) is 0 Å². The Balaban J connectivity index is 1.37. The molecule has 4 atom stereocenters. The van der Waals surface area contributed by atoms with Gasteiger partial charge in [-0.1, -0.05) is 0 Å². The molecule has 4 heterocycles. The smallest absolute Gasteiger partial charge is 0.253 e. The summed E-state index contributed by atoms with van der Waals surface area (Å²) in [5, 5.41) is 29.9. The van der Waals surface area contributed by atoms with E-state index >= 15 is 0 Å². The van der Waals surface area contributed by atoms with Crippen molar-refractivity contribution in [2.24, 2.45) is 5.73 Å². The monoisotopic (exact) mass is 1400 g/mol. The number of imide groups is 4. The van der Waals surface area contributed by atoms with Gasteiger partial charge in [-0.05, 0) is 77.0 Å². The Morgan fingerprint density at radius 3 is 0.720 bits per heavy atom. The highest BCUT2D eigenvalue weighted by Crippen LogP contribution is 2.11. The lowest BCUT2D eigenvalue weighted by Gasteiger charge is -2.22. The van der Waals surface area contributed by atoms with Crippen molar-refractivity contribution in [1.29, 1.82) is 0 Å². The average Bonchev–Trinajstić information content (AvgIpc) is 1.73. The van der Waals surface area contributed by atoms with E-state index in [1.165, 1.54) is 0 Å². The first-order chi connectivity index (χ1) is 47.6. The van der Waals surface area contributed by atoms with Gasteiger partial charge in [0.1, 0.15) is 24.2 Å². The number of primary amides is 1. The van der Waals surface area contributed by atoms with E-state index < -0.39 is 174 Å². The molecule has 100 heavy (non-hydrogen) atoms. The molecule has 0 aromatic rings. The molecule has 0 bridgehead atoms. The highest BCUT2D eigenvalue weighted by Gasteiger charge is 2.30. The van der Waals surface area contributed by atoms with Crippen LogP contribution in [0.15, 0.2) is 48.6 Å². The van der Waals surface area contributed by atoms with Gasteiger partial charge >= 0.3 is 0 Å². The third kappa shape index (κ3) is 30.4. The summed E-state index contributed by atoms with van der Waals surface area (Å²) in [7, 11) is 0. The van der Waals surface area contributed by atoms with E-state index in [1.54, 1.807) is 0 Å². The largest absolute Gasteiger partial charge is 0.368 e. The molecule has 4 aliphatic rings. The number of hydrogen-bond donors (Lipinski definition) is 13. The summed E-state index contributed by atoms with van der Waals surface area (Å²) < 4.78 is 0. The predicted octanol–water partition coefficient (Wildman–Crippen LogP) is -7.70. The lowest BCUT2D eigenvalue weighted by atomic mass is 10.1. The van der Waals surface area contributed by atoms with E-state index in [1.807, 2.05) is 0 Å². The van der Waals surface area contributed by atoms with Gasteiger partial charge in [0.25, 0.3) is 47.3 Å². The number of hydrogen-bond acceptors (Lipinski definition) is 21. The maximum atomic E-state index is 13.9. The van der Waals surface area contributed by atoms with E-state index in [4.69, 9.17) is 5.73 Å². The summed E-state index contributed by atoms with van der Waals surface area (Å²) in [6, 6.07) is -5.31. The number of nitrogens with one attached hydrogen (secondary N) is 12. The number of nitrogens with two attached hydrogens (primary N) is 1. The van der Waals surface area contributed by atoms with Gasteiger partial charge in [-0.25, -0.2) is 0 Å². The van der Waals surface area contributed by atoms with Gasteiger partial charge < -0.3 is 69.5 Å². The molecular formula is C62H85N17O21. The van der Waals surface area contributed by atoms with Crippen molar-refractivity contribution in [3.63, 3.8) is 0 Å². The van der Waals surface area contributed by atoms with Crippen LogP contribution in [0.4, 0.5) is 0 Å². The number of amides is 21. The first kappa shape index (κ1) is 81.1. The molecule has 21 amide bonds. The zero-order chi connectivity index (χ0) is 73.7. The van der Waals surface area contributed by atoms with E-state index in [2.05, 4.69) is 63.8 Å². The highest BCUT2D eigenvalue weighted by molar-refractivity contribution is 6.15. The predicted molar refractivity (Wildman–Crippen MR) is 344 cm³/mol. The second kappa shape index (κ2) is 43.0. The molecule has 38 nitrogen and oxygen atoms in total. The van der Waals surface area contributed by atoms with Crippen LogP contribution in [0.1, 0.15) is 110 Å². The van der Waals surface area contributed by atoms with Crippen molar-refractivity contribution in [2.75, 3.05) is 78.5 Å². The van der Waals surface area contributed by atoms with Gasteiger partial charge in [-0.2, -0.15) is 0 Å².